The Kier molecular flexibility index (Phi) is 5.58. The first-order valence-electron chi connectivity index (χ1n) is 6.49. The molecule has 0 fully saturated rings. The maximum absolute atomic E-state index is 5.71. The third-order valence-electron chi connectivity index (χ3n) is 3.01. The van der Waals surface area contributed by atoms with Crippen molar-refractivity contribution in [2.75, 3.05) is 13.1 Å². The van der Waals surface area contributed by atoms with Crippen molar-refractivity contribution >= 4 is 15.9 Å². The van der Waals surface area contributed by atoms with Gasteiger partial charge in [-0.2, -0.15) is 0 Å². The van der Waals surface area contributed by atoms with Crippen LogP contribution in [-0.2, 0) is 13.1 Å². The first-order chi connectivity index (χ1) is 9.28. The van der Waals surface area contributed by atoms with E-state index in [0.717, 1.165) is 24.1 Å². The lowest BCUT2D eigenvalue weighted by atomic mass is 10.1. The van der Waals surface area contributed by atoms with Crippen molar-refractivity contribution in [3.63, 3.8) is 0 Å². The van der Waals surface area contributed by atoms with Crippen LogP contribution in [0.25, 0.3) is 0 Å². The Morgan fingerprint density at radius 3 is 2.00 bits per heavy atom. The highest BCUT2D eigenvalue weighted by Gasteiger charge is 2.06. The van der Waals surface area contributed by atoms with E-state index >= 15 is 0 Å². The molecular weight excluding hydrogens is 300 g/mol. The summed E-state index contributed by atoms with van der Waals surface area (Å²) in [6.45, 7) is 3.46. The Hall–Kier alpha value is -1.16. The summed E-state index contributed by atoms with van der Waals surface area (Å²) < 4.78 is 1.12. The standard InChI is InChI=1S/C16H19BrN2/c17-16-8-6-15(7-9-16)13-19(11-10-18)12-14-4-2-1-3-5-14/h1-9H,10-13,18H2. The molecule has 0 aliphatic heterocycles. The average molecular weight is 319 g/mol. The van der Waals surface area contributed by atoms with Gasteiger partial charge >= 0.3 is 0 Å². The van der Waals surface area contributed by atoms with Crippen LogP contribution in [-0.4, -0.2) is 18.0 Å². The molecule has 0 atom stereocenters. The second kappa shape index (κ2) is 7.43. The molecule has 0 amide bonds. The van der Waals surface area contributed by atoms with Gasteiger partial charge in [0.15, 0.2) is 0 Å². The van der Waals surface area contributed by atoms with Crippen molar-refractivity contribution in [2.24, 2.45) is 5.73 Å². The van der Waals surface area contributed by atoms with Gasteiger partial charge in [0, 0.05) is 30.7 Å². The van der Waals surface area contributed by atoms with Crippen molar-refractivity contribution in [1.82, 2.24) is 4.90 Å². The molecule has 0 saturated heterocycles. The van der Waals surface area contributed by atoms with Gasteiger partial charge in [-0.15, -0.1) is 0 Å². The van der Waals surface area contributed by atoms with Crippen LogP contribution in [0.3, 0.4) is 0 Å². The van der Waals surface area contributed by atoms with E-state index in [2.05, 4.69) is 69.4 Å². The van der Waals surface area contributed by atoms with Gasteiger partial charge < -0.3 is 5.73 Å². The molecule has 2 N–H and O–H groups in total. The summed E-state index contributed by atoms with van der Waals surface area (Å²) in [6, 6.07) is 19.0. The fourth-order valence-electron chi connectivity index (χ4n) is 2.09. The van der Waals surface area contributed by atoms with E-state index in [4.69, 9.17) is 5.73 Å². The van der Waals surface area contributed by atoms with E-state index in [1.807, 2.05) is 6.07 Å². The SMILES string of the molecule is NCCN(Cc1ccccc1)Cc1ccc(Br)cc1. The summed E-state index contributed by atoms with van der Waals surface area (Å²) in [4.78, 5) is 2.37. The van der Waals surface area contributed by atoms with Crippen LogP contribution < -0.4 is 5.73 Å². The minimum absolute atomic E-state index is 0.684. The maximum Gasteiger partial charge on any atom is 0.0237 e. The molecule has 0 radical (unpaired) electrons. The van der Waals surface area contributed by atoms with Crippen molar-refractivity contribution in [2.45, 2.75) is 13.1 Å². The zero-order chi connectivity index (χ0) is 13.5. The molecule has 2 nitrogen and oxygen atoms in total. The molecule has 2 aromatic carbocycles. The molecule has 0 unspecified atom stereocenters. The van der Waals surface area contributed by atoms with Crippen LogP contribution in [0.1, 0.15) is 11.1 Å². The quantitative estimate of drug-likeness (QED) is 0.884. The molecule has 2 aromatic rings. The number of rotatable bonds is 6. The summed E-state index contributed by atoms with van der Waals surface area (Å²) in [7, 11) is 0. The summed E-state index contributed by atoms with van der Waals surface area (Å²) >= 11 is 3.46. The van der Waals surface area contributed by atoms with E-state index in [1.165, 1.54) is 11.1 Å². The Morgan fingerprint density at radius 1 is 0.842 bits per heavy atom. The molecule has 2 rings (SSSR count). The van der Waals surface area contributed by atoms with Gasteiger partial charge in [0.1, 0.15) is 0 Å². The predicted octanol–water partition coefficient (Wildman–Crippen LogP) is 3.41. The Balaban J connectivity index is 2.01. The van der Waals surface area contributed by atoms with Gasteiger partial charge in [-0.05, 0) is 23.3 Å². The largest absolute Gasteiger partial charge is 0.329 e. The molecule has 0 aliphatic carbocycles. The molecule has 0 aromatic heterocycles. The minimum Gasteiger partial charge on any atom is -0.329 e. The summed E-state index contributed by atoms with van der Waals surface area (Å²) in [6.07, 6.45) is 0. The molecule has 0 spiro atoms. The zero-order valence-electron chi connectivity index (χ0n) is 10.9. The van der Waals surface area contributed by atoms with Crippen LogP contribution in [0.4, 0.5) is 0 Å². The highest BCUT2D eigenvalue weighted by molar-refractivity contribution is 9.10. The number of hydrogen-bond donors (Lipinski definition) is 1. The Morgan fingerprint density at radius 2 is 1.42 bits per heavy atom. The number of nitrogens with zero attached hydrogens (tertiary/aromatic N) is 1. The smallest absolute Gasteiger partial charge is 0.0237 e. The first kappa shape index (κ1) is 14.3. The van der Waals surface area contributed by atoms with Crippen LogP contribution in [0.5, 0.6) is 0 Å². The van der Waals surface area contributed by atoms with Gasteiger partial charge in [0.05, 0.1) is 0 Å². The summed E-state index contributed by atoms with van der Waals surface area (Å²) in [5.74, 6) is 0. The molecule has 100 valence electrons. The average Bonchev–Trinajstić information content (AvgIpc) is 2.43. The lowest BCUT2D eigenvalue weighted by Gasteiger charge is -2.21. The number of benzene rings is 2. The van der Waals surface area contributed by atoms with Crippen molar-refractivity contribution in [1.29, 1.82) is 0 Å². The third kappa shape index (κ3) is 4.78. The molecule has 0 bridgehead atoms. The fourth-order valence-corrected chi connectivity index (χ4v) is 2.35. The van der Waals surface area contributed by atoms with Gasteiger partial charge in [0.2, 0.25) is 0 Å². The summed E-state index contributed by atoms with van der Waals surface area (Å²) in [5, 5.41) is 0. The third-order valence-corrected chi connectivity index (χ3v) is 3.54. The van der Waals surface area contributed by atoms with Crippen LogP contribution in [0.15, 0.2) is 59.1 Å². The molecule has 0 aliphatic rings. The molecule has 19 heavy (non-hydrogen) atoms. The monoisotopic (exact) mass is 318 g/mol. The van der Waals surface area contributed by atoms with E-state index in [1.54, 1.807) is 0 Å². The molecule has 0 saturated carbocycles. The van der Waals surface area contributed by atoms with Crippen LogP contribution in [0.2, 0.25) is 0 Å². The van der Waals surface area contributed by atoms with Gasteiger partial charge in [-0.25, -0.2) is 0 Å². The summed E-state index contributed by atoms with van der Waals surface area (Å²) in [5.41, 5.74) is 8.35. The number of nitrogens with two attached hydrogens (primary N) is 1. The van der Waals surface area contributed by atoms with E-state index in [9.17, 15) is 0 Å². The van der Waals surface area contributed by atoms with E-state index < -0.39 is 0 Å². The van der Waals surface area contributed by atoms with E-state index in [0.29, 0.717) is 6.54 Å². The van der Waals surface area contributed by atoms with E-state index in [-0.39, 0.29) is 0 Å². The highest BCUT2D eigenvalue weighted by Crippen LogP contribution is 2.13. The van der Waals surface area contributed by atoms with Gasteiger partial charge in [0.25, 0.3) is 0 Å². The topological polar surface area (TPSA) is 29.3 Å². The normalized spacial score (nSPS) is 10.9. The molecule has 3 heteroatoms. The lowest BCUT2D eigenvalue weighted by Crippen LogP contribution is -2.28. The van der Waals surface area contributed by atoms with Crippen molar-refractivity contribution < 1.29 is 0 Å². The maximum atomic E-state index is 5.71. The van der Waals surface area contributed by atoms with Gasteiger partial charge in [-0.1, -0.05) is 58.4 Å². The van der Waals surface area contributed by atoms with Crippen molar-refractivity contribution in [3.05, 3.63) is 70.2 Å². The molecular formula is C16H19BrN2. The molecule has 0 heterocycles. The second-order valence-corrected chi connectivity index (χ2v) is 5.53. The second-order valence-electron chi connectivity index (χ2n) is 4.61. The van der Waals surface area contributed by atoms with Crippen molar-refractivity contribution in [3.8, 4) is 0 Å². The van der Waals surface area contributed by atoms with Crippen LogP contribution >= 0.6 is 15.9 Å². The highest BCUT2D eigenvalue weighted by atomic mass is 79.9. The number of hydrogen-bond acceptors (Lipinski definition) is 2. The Bertz CT molecular complexity index is 482. The lowest BCUT2D eigenvalue weighted by molar-refractivity contribution is 0.264. The predicted molar refractivity (Wildman–Crippen MR) is 83.8 cm³/mol. The first-order valence-corrected chi connectivity index (χ1v) is 7.28. The van der Waals surface area contributed by atoms with Gasteiger partial charge in [-0.3, -0.25) is 4.90 Å². The Labute approximate surface area is 123 Å². The minimum atomic E-state index is 0.684. The zero-order valence-corrected chi connectivity index (χ0v) is 12.5. The van der Waals surface area contributed by atoms with Crippen LogP contribution in [0, 0.1) is 0 Å². The number of halogens is 1. The fraction of sp³-hybridized carbons (Fsp3) is 0.250.